The second-order valence-corrected chi connectivity index (χ2v) is 10.6. The van der Waals surface area contributed by atoms with Crippen LogP contribution in [0.5, 0.6) is 5.88 Å². The molecule has 0 radical (unpaired) electrons. The van der Waals surface area contributed by atoms with Crippen molar-refractivity contribution < 1.29 is 19.1 Å². The van der Waals surface area contributed by atoms with E-state index in [2.05, 4.69) is 16.4 Å². The van der Waals surface area contributed by atoms with Crippen molar-refractivity contribution in [3.05, 3.63) is 23.9 Å². The number of rotatable bonds is 6. The zero-order valence-corrected chi connectivity index (χ0v) is 19.7. The Hall–Kier alpha value is -2.31. The highest BCUT2D eigenvalue weighted by atomic mass is 16.6. The fourth-order valence-electron chi connectivity index (χ4n) is 3.82. The van der Waals surface area contributed by atoms with Crippen LogP contribution in [0.3, 0.4) is 0 Å². The molecular weight excluding hydrogens is 394 g/mol. The maximum atomic E-state index is 13.0. The molecule has 2 atom stereocenters. The predicted octanol–water partition coefficient (Wildman–Crippen LogP) is 4.27. The molecule has 1 saturated heterocycles. The first-order valence-electron chi connectivity index (χ1n) is 11.3. The second-order valence-electron chi connectivity index (χ2n) is 10.6. The number of carbonyl (C=O) groups excluding carboxylic acids is 2. The van der Waals surface area contributed by atoms with E-state index in [-0.39, 0.29) is 30.7 Å². The van der Waals surface area contributed by atoms with Gasteiger partial charge in [0.05, 0.1) is 5.41 Å². The lowest BCUT2D eigenvalue weighted by molar-refractivity contribution is -0.132. The lowest BCUT2D eigenvalue weighted by Gasteiger charge is -2.39. The number of pyridine rings is 1. The quantitative estimate of drug-likeness (QED) is 0.728. The Morgan fingerprint density at radius 1 is 1.19 bits per heavy atom. The maximum Gasteiger partial charge on any atom is 0.410 e. The third-order valence-electron chi connectivity index (χ3n) is 5.84. The van der Waals surface area contributed by atoms with Crippen LogP contribution in [0.25, 0.3) is 0 Å². The van der Waals surface area contributed by atoms with E-state index in [4.69, 9.17) is 9.47 Å². The lowest BCUT2D eigenvalue weighted by Crippen LogP contribution is -2.54. The molecular formula is C24H37N3O4. The minimum Gasteiger partial charge on any atom is -0.476 e. The topological polar surface area (TPSA) is 80.8 Å². The van der Waals surface area contributed by atoms with Crippen LogP contribution in [-0.2, 0) is 9.53 Å². The van der Waals surface area contributed by atoms with Crippen LogP contribution in [0.2, 0.25) is 0 Å². The predicted molar refractivity (Wildman–Crippen MR) is 119 cm³/mol. The van der Waals surface area contributed by atoms with Crippen molar-refractivity contribution in [2.24, 2.45) is 5.41 Å². The molecule has 0 aromatic carbocycles. The highest BCUT2D eigenvalue weighted by Crippen LogP contribution is 2.43. The maximum absolute atomic E-state index is 13.0. The van der Waals surface area contributed by atoms with Crippen LogP contribution < -0.4 is 10.1 Å². The largest absolute Gasteiger partial charge is 0.476 e. The van der Waals surface area contributed by atoms with Gasteiger partial charge in [-0.2, -0.15) is 0 Å². The zero-order valence-electron chi connectivity index (χ0n) is 19.7. The number of amides is 2. The smallest absolute Gasteiger partial charge is 0.410 e. The highest BCUT2D eigenvalue weighted by Gasteiger charge is 2.36. The number of aromatic nitrogens is 1. The summed E-state index contributed by atoms with van der Waals surface area (Å²) in [7, 11) is 0. The Labute approximate surface area is 185 Å². The number of ether oxygens (including phenoxy) is 2. The first-order chi connectivity index (χ1) is 14.5. The third kappa shape index (κ3) is 6.34. The van der Waals surface area contributed by atoms with Gasteiger partial charge in [-0.1, -0.05) is 6.07 Å². The lowest BCUT2D eigenvalue weighted by atomic mass is 9.91. The van der Waals surface area contributed by atoms with Crippen molar-refractivity contribution in [1.82, 2.24) is 15.2 Å². The van der Waals surface area contributed by atoms with E-state index in [1.807, 2.05) is 47.6 Å². The van der Waals surface area contributed by atoms with E-state index in [9.17, 15) is 9.59 Å². The molecule has 1 aliphatic carbocycles. The van der Waals surface area contributed by atoms with Crippen LogP contribution in [0, 0.1) is 5.41 Å². The molecule has 2 aliphatic rings. The average molecular weight is 432 g/mol. The van der Waals surface area contributed by atoms with Gasteiger partial charge in [0, 0.05) is 30.4 Å². The van der Waals surface area contributed by atoms with Gasteiger partial charge in [-0.25, -0.2) is 9.78 Å². The number of nitrogens with zero attached hydrogens (tertiary/aromatic N) is 2. The molecule has 0 unspecified atom stereocenters. The van der Waals surface area contributed by atoms with E-state index in [0.717, 1.165) is 5.56 Å². The summed E-state index contributed by atoms with van der Waals surface area (Å²) in [6.45, 7) is 12.2. The molecule has 1 N–H and O–H groups in total. The number of hydrogen-bond acceptors (Lipinski definition) is 5. The molecule has 3 rings (SSSR count). The molecule has 2 heterocycles. The Balaban J connectivity index is 1.51. The summed E-state index contributed by atoms with van der Waals surface area (Å²) in [5, 5.41) is 3.17. The van der Waals surface area contributed by atoms with Crippen LogP contribution in [0.1, 0.15) is 78.7 Å². The molecule has 2 amide bonds. The van der Waals surface area contributed by atoms with Gasteiger partial charge in [0.25, 0.3) is 0 Å². The van der Waals surface area contributed by atoms with Gasteiger partial charge in [0.2, 0.25) is 11.8 Å². The zero-order chi connectivity index (χ0) is 22.8. The Morgan fingerprint density at radius 3 is 2.52 bits per heavy atom. The standard InChI is InChI=1S/C24H37N3O4/c1-16-14-18(11-13-27(16)22(29)31-23(2,3)4)26-21(28)24(5,6)15-30-20-19(17-9-10-17)8-7-12-25-20/h7-8,12,16-18H,9-11,13-15H2,1-6H3,(H,26,28)/t16-,18-/m1/s1. The summed E-state index contributed by atoms with van der Waals surface area (Å²) in [5.41, 5.74) is -0.0648. The molecule has 1 aliphatic heterocycles. The van der Waals surface area contributed by atoms with Gasteiger partial charge in [-0.15, -0.1) is 0 Å². The normalized spacial score (nSPS) is 22.1. The van der Waals surface area contributed by atoms with Crippen molar-refractivity contribution in [3.63, 3.8) is 0 Å². The van der Waals surface area contributed by atoms with Crippen molar-refractivity contribution in [1.29, 1.82) is 0 Å². The summed E-state index contributed by atoms with van der Waals surface area (Å²) in [6.07, 6.45) is 5.19. The molecule has 1 aromatic heterocycles. The molecule has 172 valence electrons. The third-order valence-corrected chi connectivity index (χ3v) is 5.84. The molecule has 2 fully saturated rings. The van der Waals surface area contributed by atoms with Gasteiger partial charge in [-0.3, -0.25) is 4.79 Å². The van der Waals surface area contributed by atoms with Crippen LogP contribution in [0.4, 0.5) is 4.79 Å². The molecule has 0 spiro atoms. The highest BCUT2D eigenvalue weighted by molar-refractivity contribution is 5.82. The van der Waals surface area contributed by atoms with Crippen molar-refractivity contribution in [2.75, 3.05) is 13.2 Å². The number of likely N-dealkylation sites (tertiary alicyclic amines) is 1. The molecule has 1 aromatic rings. The number of hydrogen-bond donors (Lipinski definition) is 1. The van der Waals surface area contributed by atoms with Crippen LogP contribution in [0.15, 0.2) is 18.3 Å². The van der Waals surface area contributed by atoms with E-state index in [0.29, 0.717) is 31.2 Å². The summed E-state index contributed by atoms with van der Waals surface area (Å²) in [5.74, 6) is 1.14. The fourth-order valence-corrected chi connectivity index (χ4v) is 3.82. The first kappa shape index (κ1) is 23.4. The first-order valence-corrected chi connectivity index (χ1v) is 11.3. The van der Waals surface area contributed by atoms with Gasteiger partial charge in [-0.05, 0) is 79.2 Å². The molecule has 0 bridgehead atoms. The molecule has 31 heavy (non-hydrogen) atoms. The van der Waals surface area contributed by atoms with Crippen LogP contribution >= 0.6 is 0 Å². The Morgan fingerprint density at radius 2 is 1.90 bits per heavy atom. The Bertz CT molecular complexity index is 798. The number of piperidine rings is 1. The molecule has 7 heteroatoms. The fraction of sp³-hybridized carbons (Fsp3) is 0.708. The minimum absolute atomic E-state index is 0.00267. The average Bonchev–Trinajstić information content (AvgIpc) is 3.50. The number of nitrogens with one attached hydrogen (secondary N) is 1. The van der Waals surface area contributed by atoms with Crippen molar-refractivity contribution >= 4 is 12.0 Å². The van der Waals surface area contributed by atoms with E-state index in [1.165, 1.54) is 12.8 Å². The van der Waals surface area contributed by atoms with E-state index >= 15 is 0 Å². The van der Waals surface area contributed by atoms with Gasteiger partial charge >= 0.3 is 6.09 Å². The number of carbonyl (C=O) groups is 2. The summed E-state index contributed by atoms with van der Waals surface area (Å²) < 4.78 is 11.5. The van der Waals surface area contributed by atoms with Crippen LogP contribution in [-0.4, -0.2) is 52.7 Å². The summed E-state index contributed by atoms with van der Waals surface area (Å²) in [4.78, 5) is 31.5. The molecule has 1 saturated carbocycles. The summed E-state index contributed by atoms with van der Waals surface area (Å²) in [6, 6.07) is 4.02. The van der Waals surface area contributed by atoms with E-state index < -0.39 is 11.0 Å². The van der Waals surface area contributed by atoms with Gasteiger partial charge in [0.1, 0.15) is 12.2 Å². The summed E-state index contributed by atoms with van der Waals surface area (Å²) >= 11 is 0. The monoisotopic (exact) mass is 431 g/mol. The van der Waals surface area contributed by atoms with Gasteiger partial charge in [0.15, 0.2) is 0 Å². The minimum atomic E-state index is -0.691. The van der Waals surface area contributed by atoms with Crippen molar-refractivity contribution in [3.8, 4) is 5.88 Å². The van der Waals surface area contributed by atoms with Gasteiger partial charge < -0.3 is 19.7 Å². The van der Waals surface area contributed by atoms with E-state index in [1.54, 1.807) is 11.1 Å². The Kier molecular flexibility index (Phi) is 6.82. The molecule has 7 nitrogen and oxygen atoms in total. The van der Waals surface area contributed by atoms with Crippen molar-refractivity contribution in [2.45, 2.75) is 90.8 Å². The second kappa shape index (κ2) is 9.05. The SMILES string of the molecule is C[C@@H]1C[C@H](NC(=O)C(C)(C)COc2ncccc2C2CC2)CCN1C(=O)OC(C)(C)C.